The molecule has 0 radical (unpaired) electrons. The predicted molar refractivity (Wildman–Crippen MR) is 106 cm³/mol. The second-order valence-corrected chi connectivity index (χ2v) is 8.35. The Morgan fingerprint density at radius 3 is 2.73 bits per heavy atom. The van der Waals surface area contributed by atoms with E-state index >= 15 is 0 Å². The number of aromatic amines is 1. The third kappa shape index (κ3) is 2.96. The van der Waals surface area contributed by atoms with Gasteiger partial charge in [0.15, 0.2) is 0 Å². The molecular weight excluding hydrogens is 389 g/mol. The molecule has 156 valence electrons. The van der Waals surface area contributed by atoms with E-state index in [2.05, 4.69) is 20.3 Å². The lowest BCUT2D eigenvalue weighted by atomic mass is 9.61. The van der Waals surface area contributed by atoms with Crippen molar-refractivity contribution >= 4 is 22.9 Å². The number of nitrogens with zero attached hydrogens (tertiary/aromatic N) is 3. The van der Waals surface area contributed by atoms with Crippen molar-refractivity contribution in [1.29, 1.82) is 0 Å². The third-order valence-corrected chi connectivity index (χ3v) is 6.65. The number of hydrogen-bond acceptors (Lipinski definition) is 4. The molecule has 3 aliphatic carbocycles. The van der Waals surface area contributed by atoms with Gasteiger partial charge in [0.25, 0.3) is 5.91 Å². The summed E-state index contributed by atoms with van der Waals surface area (Å²) in [5.41, 5.74) is 1.37. The van der Waals surface area contributed by atoms with Gasteiger partial charge in [-0.1, -0.05) is 0 Å². The molecule has 0 aliphatic heterocycles. The number of aromatic nitrogens is 4. The minimum atomic E-state index is -0.843. The molecule has 3 aromatic rings. The van der Waals surface area contributed by atoms with E-state index in [1.807, 2.05) is 0 Å². The number of aryl methyl sites for hydroxylation is 1. The SMILES string of the molecule is Cn1cc(C(=O)NC2[C@H]3CC[C@H](CC3)[C@@H]2C(=O)O)nc1-c1c[nH]c2ncc(F)cc12. The second-order valence-electron chi connectivity index (χ2n) is 8.35. The van der Waals surface area contributed by atoms with Gasteiger partial charge in [0, 0.05) is 36.4 Å². The lowest BCUT2D eigenvalue weighted by Gasteiger charge is -2.46. The number of H-pyrrole nitrogens is 1. The smallest absolute Gasteiger partial charge is 0.308 e. The summed E-state index contributed by atoms with van der Waals surface area (Å²) in [7, 11) is 1.76. The van der Waals surface area contributed by atoms with Gasteiger partial charge in [-0.2, -0.15) is 0 Å². The monoisotopic (exact) mass is 411 g/mol. The number of amides is 1. The molecule has 1 unspecified atom stereocenters. The van der Waals surface area contributed by atoms with Crippen LogP contribution in [0, 0.1) is 23.6 Å². The molecule has 3 N–H and O–H groups in total. The van der Waals surface area contributed by atoms with Gasteiger partial charge in [-0.3, -0.25) is 9.59 Å². The van der Waals surface area contributed by atoms with Crippen LogP contribution in [0.5, 0.6) is 0 Å². The van der Waals surface area contributed by atoms with E-state index in [0.29, 0.717) is 22.4 Å². The summed E-state index contributed by atoms with van der Waals surface area (Å²) >= 11 is 0. The number of hydrogen-bond donors (Lipinski definition) is 3. The molecule has 30 heavy (non-hydrogen) atoms. The lowest BCUT2D eigenvalue weighted by Crippen LogP contribution is -2.56. The van der Waals surface area contributed by atoms with E-state index < -0.39 is 17.7 Å². The first kappa shape index (κ1) is 18.8. The molecule has 8 nitrogen and oxygen atoms in total. The summed E-state index contributed by atoms with van der Waals surface area (Å²) in [5, 5.41) is 13.2. The van der Waals surface area contributed by atoms with Gasteiger partial charge in [0.05, 0.1) is 12.1 Å². The number of rotatable bonds is 4. The van der Waals surface area contributed by atoms with Crippen molar-refractivity contribution in [3.8, 4) is 11.4 Å². The molecule has 3 fully saturated rings. The molecule has 0 aromatic carbocycles. The molecule has 3 saturated carbocycles. The lowest BCUT2D eigenvalue weighted by molar-refractivity contribution is -0.149. The molecule has 3 aromatic heterocycles. The van der Waals surface area contributed by atoms with Crippen LogP contribution in [-0.2, 0) is 11.8 Å². The van der Waals surface area contributed by atoms with Gasteiger partial charge in [-0.15, -0.1) is 0 Å². The van der Waals surface area contributed by atoms with E-state index in [9.17, 15) is 19.1 Å². The fraction of sp³-hybridized carbons (Fsp3) is 0.429. The molecule has 0 spiro atoms. The van der Waals surface area contributed by atoms with E-state index in [1.165, 1.54) is 6.07 Å². The minimum Gasteiger partial charge on any atom is -0.481 e. The molecule has 3 heterocycles. The summed E-state index contributed by atoms with van der Waals surface area (Å²) in [5.74, 6) is -1.43. The Morgan fingerprint density at radius 2 is 2.00 bits per heavy atom. The summed E-state index contributed by atoms with van der Waals surface area (Å²) in [4.78, 5) is 36.2. The topological polar surface area (TPSA) is 113 Å². The van der Waals surface area contributed by atoms with Gasteiger partial charge >= 0.3 is 5.97 Å². The van der Waals surface area contributed by atoms with Crippen LogP contribution in [0.2, 0.25) is 0 Å². The van der Waals surface area contributed by atoms with E-state index in [4.69, 9.17) is 0 Å². The van der Waals surface area contributed by atoms with Crippen molar-refractivity contribution in [2.75, 3.05) is 0 Å². The van der Waals surface area contributed by atoms with Crippen LogP contribution in [0.25, 0.3) is 22.4 Å². The molecule has 9 heteroatoms. The highest BCUT2D eigenvalue weighted by molar-refractivity contribution is 5.95. The first-order chi connectivity index (χ1) is 14.4. The highest BCUT2D eigenvalue weighted by Crippen LogP contribution is 2.45. The number of carbonyl (C=O) groups is 2. The number of pyridine rings is 1. The Labute approximate surface area is 171 Å². The molecule has 6 rings (SSSR count). The summed E-state index contributed by atoms with van der Waals surface area (Å²) < 4.78 is 15.4. The first-order valence-electron chi connectivity index (χ1n) is 10.1. The maximum atomic E-state index is 13.7. The number of aliphatic carboxylic acids is 1. The van der Waals surface area contributed by atoms with Crippen molar-refractivity contribution in [2.24, 2.45) is 24.8 Å². The number of halogens is 1. The van der Waals surface area contributed by atoms with E-state index in [-0.39, 0.29) is 29.5 Å². The van der Waals surface area contributed by atoms with Crippen LogP contribution < -0.4 is 5.32 Å². The van der Waals surface area contributed by atoms with Crippen LogP contribution in [0.3, 0.4) is 0 Å². The molecule has 1 amide bonds. The zero-order valence-corrected chi connectivity index (χ0v) is 16.4. The van der Waals surface area contributed by atoms with Gasteiger partial charge < -0.3 is 20.0 Å². The molecule has 3 aliphatic rings. The molecular formula is C21H22FN5O3. The minimum absolute atomic E-state index is 0.116. The van der Waals surface area contributed by atoms with Crippen molar-refractivity contribution in [1.82, 2.24) is 24.8 Å². The third-order valence-electron chi connectivity index (χ3n) is 6.65. The molecule has 2 atom stereocenters. The standard InChI is InChI=1S/C21H22FN5O3/c1-27-9-15(25-19(27)14-8-24-18-13(14)6-12(22)7-23-18)20(28)26-17-11-4-2-10(3-5-11)16(17)21(29)30/h6-11,16-17H,2-5H2,1H3,(H,23,24)(H,26,28)(H,29,30)/t10-,11+,16-,17?/m0/s1. The van der Waals surface area contributed by atoms with Crippen molar-refractivity contribution in [3.05, 3.63) is 36.2 Å². The number of imidazole rings is 1. The highest BCUT2D eigenvalue weighted by Gasteiger charge is 2.48. The maximum Gasteiger partial charge on any atom is 0.308 e. The summed E-state index contributed by atoms with van der Waals surface area (Å²) in [6.45, 7) is 0. The summed E-state index contributed by atoms with van der Waals surface area (Å²) in [6.07, 6.45) is 8.13. The average molecular weight is 411 g/mol. The number of carbonyl (C=O) groups excluding carboxylic acids is 1. The van der Waals surface area contributed by atoms with Crippen molar-refractivity contribution < 1.29 is 19.1 Å². The summed E-state index contributed by atoms with van der Waals surface area (Å²) in [6, 6.07) is 0.998. The number of fused-ring (bicyclic) bond motifs is 4. The first-order valence-corrected chi connectivity index (χ1v) is 10.1. The van der Waals surface area contributed by atoms with Crippen LogP contribution in [-0.4, -0.2) is 42.5 Å². The van der Waals surface area contributed by atoms with Crippen LogP contribution >= 0.6 is 0 Å². The Morgan fingerprint density at radius 1 is 1.27 bits per heavy atom. The van der Waals surface area contributed by atoms with Crippen LogP contribution in [0.1, 0.15) is 36.2 Å². The highest BCUT2D eigenvalue weighted by atomic mass is 19.1. The zero-order valence-electron chi connectivity index (χ0n) is 16.4. The fourth-order valence-electron chi connectivity index (χ4n) is 5.23. The van der Waals surface area contributed by atoms with Gasteiger partial charge in [-0.05, 0) is 43.6 Å². The predicted octanol–water partition coefficient (Wildman–Crippen LogP) is 2.72. The van der Waals surface area contributed by atoms with Crippen molar-refractivity contribution in [3.63, 3.8) is 0 Å². The maximum absolute atomic E-state index is 13.7. The Bertz CT molecular complexity index is 1140. The van der Waals surface area contributed by atoms with Gasteiger partial charge in [-0.25, -0.2) is 14.4 Å². The second kappa shape index (κ2) is 6.93. The Hall–Kier alpha value is -3.23. The normalized spacial score (nSPS) is 25.5. The van der Waals surface area contributed by atoms with Crippen molar-refractivity contribution in [2.45, 2.75) is 31.7 Å². The zero-order chi connectivity index (χ0) is 21.0. The molecule has 2 bridgehead atoms. The van der Waals surface area contributed by atoms with Gasteiger partial charge in [0.2, 0.25) is 0 Å². The number of carboxylic acid groups (broad SMARTS) is 1. The molecule has 0 saturated heterocycles. The average Bonchev–Trinajstić information content (AvgIpc) is 3.31. The van der Waals surface area contributed by atoms with Gasteiger partial charge in [0.1, 0.15) is 23.0 Å². The fourth-order valence-corrected chi connectivity index (χ4v) is 5.23. The quantitative estimate of drug-likeness (QED) is 0.611. The van der Waals surface area contributed by atoms with Crippen LogP contribution in [0.4, 0.5) is 4.39 Å². The van der Waals surface area contributed by atoms with Crippen LogP contribution in [0.15, 0.2) is 24.7 Å². The Kier molecular flexibility index (Phi) is 4.34. The largest absolute Gasteiger partial charge is 0.481 e. The number of carboxylic acids is 1. The Balaban J connectivity index is 1.43. The van der Waals surface area contributed by atoms with E-state index in [0.717, 1.165) is 31.9 Å². The van der Waals surface area contributed by atoms with E-state index in [1.54, 1.807) is 24.0 Å². The number of nitrogens with one attached hydrogen (secondary N) is 2.